The number of benzene rings is 1. The Balaban J connectivity index is 2.33. The van der Waals surface area contributed by atoms with Gasteiger partial charge in [0.15, 0.2) is 0 Å². The second-order valence-corrected chi connectivity index (χ2v) is 5.73. The maximum Gasteiger partial charge on any atom is 0.130 e. The molecular formula is C13H12Br2N2. The van der Waals surface area contributed by atoms with Gasteiger partial charge < -0.3 is 5.32 Å². The van der Waals surface area contributed by atoms with Crippen molar-refractivity contribution >= 4 is 43.4 Å². The molecule has 0 saturated heterocycles. The molecule has 88 valence electrons. The highest BCUT2D eigenvalue weighted by Crippen LogP contribution is 2.27. The van der Waals surface area contributed by atoms with E-state index in [0.29, 0.717) is 0 Å². The SMILES string of the molecule is Cc1cc(Br)cc(C)c1Nc1ccc(Br)cn1. The summed E-state index contributed by atoms with van der Waals surface area (Å²) in [6.45, 7) is 4.16. The van der Waals surface area contributed by atoms with E-state index in [9.17, 15) is 0 Å². The molecule has 0 saturated carbocycles. The number of pyridine rings is 1. The van der Waals surface area contributed by atoms with Gasteiger partial charge in [-0.3, -0.25) is 0 Å². The van der Waals surface area contributed by atoms with Crippen molar-refractivity contribution in [3.8, 4) is 0 Å². The third-order valence-electron chi connectivity index (χ3n) is 2.48. The second-order valence-electron chi connectivity index (χ2n) is 3.90. The highest BCUT2D eigenvalue weighted by molar-refractivity contribution is 9.10. The molecule has 2 aromatic rings. The van der Waals surface area contributed by atoms with Crippen molar-refractivity contribution in [1.29, 1.82) is 0 Å². The lowest BCUT2D eigenvalue weighted by Gasteiger charge is -2.12. The zero-order chi connectivity index (χ0) is 12.4. The Kier molecular flexibility index (Phi) is 3.84. The number of nitrogens with one attached hydrogen (secondary N) is 1. The van der Waals surface area contributed by atoms with Gasteiger partial charge in [0.1, 0.15) is 5.82 Å². The Labute approximate surface area is 118 Å². The molecule has 2 rings (SSSR count). The summed E-state index contributed by atoms with van der Waals surface area (Å²) in [6, 6.07) is 8.10. The number of aromatic nitrogens is 1. The van der Waals surface area contributed by atoms with Crippen molar-refractivity contribution in [2.24, 2.45) is 0 Å². The van der Waals surface area contributed by atoms with E-state index in [0.717, 1.165) is 20.5 Å². The summed E-state index contributed by atoms with van der Waals surface area (Å²) in [5.74, 6) is 0.849. The molecule has 1 aromatic carbocycles. The molecule has 1 N–H and O–H groups in total. The van der Waals surface area contributed by atoms with Gasteiger partial charge in [0.05, 0.1) is 0 Å². The van der Waals surface area contributed by atoms with E-state index in [-0.39, 0.29) is 0 Å². The van der Waals surface area contributed by atoms with Gasteiger partial charge >= 0.3 is 0 Å². The molecule has 2 nitrogen and oxygen atoms in total. The van der Waals surface area contributed by atoms with Crippen LogP contribution in [0.1, 0.15) is 11.1 Å². The Hall–Kier alpha value is -0.870. The first kappa shape index (κ1) is 12.6. The van der Waals surface area contributed by atoms with E-state index >= 15 is 0 Å². The molecule has 0 spiro atoms. The van der Waals surface area contributed by atoms with Crippen molar-refractivity contribution in [3.05, 3.63) is 50.5 Å². The lowest BCUT2D eigenvalue weighted by atomic mass is 10.1. The van der Waals surface area contributed by atoms with Crippen molar-refractivity contribution in [3.63, 3.8) is 0 Å². The summed E-state index contributed by atoms with van der Waals surface area (Å²) < 4.78 is 2.08. The number of hydrogen-bond donors (Lipinski definition) is 1. The van der Waals surface area contributed by atoms with E-state index in [4.69, 9.17) is 0 Å². The molecule has 1 aromatic heterocycles. The number of aryl methyl sites for hydroxylation is 2. The summed E-state index contributed by atoms with van der Waals surface area (Å²) in [5, 5.41) is 3.34. The average Bonchev–Trinajstić information content (AvgIpc) is 2.26. The summed E-state index contributed by atoms with van der Waals surface area (Å²) >= 11 is 6.87. The predicted octanol–water partition coefficient (Wildman–Crippen LogP) is 4.97. The van der Waals surface area contributed by atoms with Crippen LogP contribution >= 0.6 is 31.9 Å². The smallest absolute Gasteiger partial charge is 0.130 e. The number of nitrogens with zero attached hydrogens (tertiary/aromatic N) is 1. The van der Waals surface area contributed by atoms with E-state index in [1.54, 1.807) is 6.20 Å². The van der Waals surface area contributed by atoms with Gasteiger partial charge in [-0.05, 0) is 65.2 Å². The number of anilines is 2. The highest BCUT2D eigenvalue weighted by Gasteiger charge is 2.05. The molecule has 0 radical (unpaired) electrons. The van der Waals surface area contributed by atoms with Crippen molar-refractivity contribution < 1.29 is 0 Å². The maximum absolute atomic E-state index is 4.31. The minimum atomic E-state index is 0.849. The Bertz CT molecular complexity index is 513. The fourth-order valence-electron chi connectivity index (χ4n) is 1.69. The van der Waals surface area contributed by atoms with Crippen LogP contribution in [0.15, 0.2) is 39.4 Å². The van der Waals surface area contributed by atoms with Crippen LogP contribution in [-0.2, 0) is 0 Å². The molecule has 0 unspecified atom stereocenters. The Morgan fingerprint density at radius 3 is 2.18 bits per heavy atom. The maximum atomic E-state index is 4.31. The zero-order valence-corrected chi connectivity index (χ0v) is 12.8. The van der Waals surface area contributed by atoms with Gasteiger partial charge in [0.25, 0.3) is 0 Å². The van der Waals surface area contributed by atoms with Gasteiger partial charge in [-0.25, -0.2) is 4.98 Å². The summed E-state index contributed by atoms with van der Waals surface area (Å²) in [6.07, 6.45) is 1.78. The Morgan fingerprint density at radius 1 is 1.00 bits per heavy atom. The fraction of sp³-hybridized carbons (Fsp3) is 0.154. The highest BCUT2D eigenvalue weighted by atomic mass is 79.9. The minimum Gasteiger partial charge on any atom is -0.340 e. The van der Waals surface area contributed by atoms with Crippen molar-refractivity contribution in [2.75, 3.05) is 5.32 Å². The largest absolute Gasteiger partial charge is 0.340 e. The van der Waals surface area contributed by atoms with Crippen LogP contribution in [0, 0.1) is 13.8 Å². The molecule has 0 aliphatic rings. The minimum absolute atomic E-state index is 0.849. The topological polar surface area (TPSA) is 24.9 Å². The molecule has 0 bridgehead atoms. The summed E-state index contributed by atoms with van der Waals surface area (Å²) in [7, 11) is 0. The van der Waals surface area contributed by atoms with E-state index in [1.807, 2.05) is 12.1 Å². The van der Waals surface area contributed by atoms with E-state index in [2.05, 4.69) is 68.1 Å². The van der Waals surface area contributed by atoms with Crippen LogP contribution in [-0.4, -0.2) is 4.98 Å². The lowest BCUT2D eigenvalue weighted by Crippen LogP contribution is -1.98. The fourth-order valence-corrected chi connectivity index (χ4v) is 2.61. The van der Waals surface area contributed by atoms with Crippen molar-refractivity contribution in [2.45, 2.75) is 13.8 Å². The molecule has 0 aliphatic carbocycles. The Morgan fingerprint density at radius 2 is 1.65 bits per heavy atom. The molecule has 17 heavy (non-hydrogen) atoms. The molecular weight excluding hydrogens is 344 g/mol. The number of rotatable bonds is 2. The average molecular weight is 356 g/mol. The van der Waals surface area contributed by atoms with Crippen molar-refractivity contribution in [1.82, 2.24) is 4.98 Å². The molecule has 0 amide bonds. The van der Waals surface area contributed by atoms with E-state index < -0.39 is 0 Å². The number of hydrogen-bond acceptors (Lipinski definition) is 2. The first-order valence-corrected chi connectivity index (χ1v) is 6.80. The van der Waals surface area contributed by atoms with Gasteiger partial charge in [0, 0.05) is 20.8 Å². The zero-order valence-electron chi connectivity index (χ0n) is 9.59. The third-order valence-corrected chi connectivity index (χ3v) is 3.40. The third kappa shape index (κ3) is 3.07. The van der Waals surface area contributed by atoms with Gasteiger partial charge in [-0.15, -0.1) is 0 Å². The first-order valence-electron chi connectivity index (χ1n) is 5.21. The molecule has 0 aliphatic heterocycles. The van der Waals surface area contributed by atoms with Crippen LogP contribution in [0.3, 0.4) is 0 Å². The molecule has 1 heterocycles. The molecule has 0 fully saturated rings. The van der Waals surface area contributed by atoms with Gasteiger partial charge in [0.2, 0.25) is 0 Å². The van der Waals surface area contributed by atoms with Crippen LogP contribution in [0.2, 0.25) is 0 Å². The summed E-state index contributed by atoms with van der Waals surface area (Å²) in [5.41, 5.74) is 3.51. The van der Waals surface area contributed by atoms with E-state index in [1.165, 1.54) is 11.1 Å². The monoisotopic (exact) mass is 354 g/mol. The quantitative estimate of drug-likeness (QED) is 0.822. The van der Waals surface area contributed by atoms with Gasteiger partial charge in [-0.1, -0.05) is 15.9 Å². The van der Waals surface area contributed by atoms with Crippen LogP contribution in [0.5, 0.6) is 0 Å². The standard InChI is InChI=1S/C13H12Br2N2/c1-8-5-11(15)6-9(2)13(8)17-12-4-3-10(14)7-16-12/h3-7H,1-2H3,(H,16,17). The van der Waals surface area contributed by atoms with Crippen LogP contribution < -0.4 is 5.32 Å². The predicted molar refractivity (Wildman–Crippen MR) is 78.8 cm³/mol. The first-order chi connectivity index (χ1) is 8.06. The molecule has 4 heteroatoms. The normalized spacial score (nSPS) is 10.4. The second kappa shape index (κ2) is 5.19. The number of halogens is 2. The van der Waals surface area contributed by atoms with Crippen LogP contribution in [0.4, 0.5) is 11.5 Å². The lowest BCUT2D eigenvalue weighted by molar-refractivity contribution is 1.26. The molecule has 0 atom stereocenters. The van der Waals surface area contributed by atoms with Gasteiger partial charge in [-0.2, -0.15) is 0 Å². The summed E-state index contributed by atoms with van der Waals surface area (Å²) in [4.78, 5) is 4.31. The van der Waals surface area contributed by atoms with Crippen LogP contribution in [0.25, 0.3) is 0 Å².